The zero-order valence-electron chi connectivity index (χ0n) is 29.6. The Kier molecular flexibility index (Phi) is 11.7. The molecular weight excluding hydrogens is 648 g/mol. The van der Waals surface area contributed by atoms with E-state index in [2.05, 4.69) is 34.5 Å². The molecule has 1 fully saturated rings. The topological polar surface area (TPSA) is 116 Å². The van der Waals surface area contributed by atoms with Crippen molar-refractivity contribution in [2.45, 2.75) is 71.0 Å². The number of hydrogen-bond acceptors (Lipinski definition) is 9. The number of methoxy groups -OCH3 is 2. The van der Waals surface area contributed by atoms with E-state index in [1.165, 1.54) is 18.1 Å². The molecule has 51 heavy (non-hydrogen) atoms. The van der Waals surface area contributed by atoms with E-state index in [-0.39, 0.29) is 24.7 Å². The van der Waals surface area contributed by atoms with Crippen molar-refractivity contribution in [1.82, 2.24) is 10.2 Å². The van der Waals surface area contributed by atoms with E-state index in [0.717, 1.165) is 70.9 Å². The number of esters is 1. The van der Waals surface area contributed by atoms with Gasteiger partial charge in [0.05, 0.1) is 33.0 Å². The molecule has 4 aromatic rings. The van der Waals surface area contributed by atoms with Crippen LogP contribution in [-0.4, -0.2) is 61.4 Å². The minimum atomic E-state index is -0.855. The van der Waals surface area contributed by atoms with Crippen molar-refractivity contribution in [2.24, 2.45) is 0 Å². The Morgan fingerprint density at radius 2 is 1.59 bits per heavy atom. The minimum Gasteiger partial charge on any atom is -0.493 e. The number of carbonyl (C=O) groups is 2. The van der Waals surface area contributed by atoms with Crippen LogP contribution < -0.4 is 14.8 Å². The van der Waals surface area contributed by atoms with Crippen LogP contribution in [0.15, 0.2) is 84.9 Å². The van der Waals surface area contributed by atoms with Gasteiger partial charge in [-0.2, -0.15) is 0 Å². The fourth-order valence-corrected chi connectivity index (χ4v) is 6.75. The third-order valence-electron chi connectivity index (χ3n) is 9.50. The number of carbonyl (C=O) groups excluding carboxylic acids is 2. The molecule has 4 aromatic carbocycles. The summed E-state index contributed by atoms with van der Waals surface area (Å²) in [7, 11) is 3.33. The third-order valence-corrected chi connectivity index (χ3v) is 9.50. The van der Waals surface area contributed by atoms with Crippen LogP contribution in [0.5, 0.6) is 11.5 Å². The summed E-state index contributed by atoms with van der Waals surface area (Å²) in [6.07, 6.45) is -0.0715. The summed E-state index contributed by atoms with van der Waals surface area (Å²) >= 11 is 0. The van der Waals surface area contributed by atoms with Crippen molar-refractivity contribution in [3.63, 3.8) is 0 Å². The van der Waals surface area contributed by atoms with Crippen LogP contribution in [0, 0.1) is 0 Å². The second-order valence-corrected chi connectivity index (χ2v) is 13.1. The number of ether oxygens (including phenoxy) is 5. The highest BCUT2D eigenvalue weighted by Gasteiger charge is 2.34. The Labute approximate surface area is 299 Å². The Bertz CT molecular complexity index is 1810. The average Bonchev–Trinajstić information content (AvgIpc) is 3.16. The number of benzene rings is 4. The molecule has 0 unspecified atom stereocenters. The van der Waals surface area contributed by atoms with E-state index in [1.54, 1.807) is 21.1 Å². The van der Waals surface area contributed by atoms with E-state index in [4.69, 9.17) is 23.7 Å². The summed E-state index contributed by atoms with van der Waals surface area (Å²) in [5, 5.41) is 12.4. The highest BCUT2D eigenvalue weighted by atomic mass is 16.7. The lowest BCUT2D eigenvalue weighted by Gasteiger charge is -2.39. The fraction of sp³-hybridized carbons (Fsp3) is 0.366. The van der Waals surface area contributed by atoms with E-state index >= 15 is 0 Å². The molecule has 0 bridgehead atoms. The van der Waals surface area contributed by atoms with Crippen LogP contribution in [0.4, 0.5) is 0 Å². The van der Waals surface area contributed by atoms with Crippen molar-refractivity contribution in [1.29, 1.82) is 0 Å². The molecule has 1 saturated heterocycles. The normalized spacial score (nSPS) is 19.4. The largest absolute Gasteiger partial charge is 0.493 e. The SMILES string of the molecule is COc1cc2c(cc1OC)CN(C[C@H]1C[C@@H](c3ccc(CO)cc3)O[C@@H](c3ccc(-c4cccc(CNC(=O)[C@H](C)OC(C)=O)c4)cc3)O1)CC2. The maximum atomic E-state index is 12.3. The third kappa shape index (κ3) is 8.95. The van der Waals surface area contributed by atoms with Crippen LogP contribution in [0.1, 0.15) is 66.0 Å². The van der Waals surface area contributed by atoms with Gasteiger partial charge in [-0.25, -0.2) is 0 Å². The number of rotatable bonds is 12. The van der Waals surface area contributed by atoms with Crippen molar-refractivity contribution >= 4 is 11.9 Å². The first-order valence-electron chi connectivity index (χ1n) is 17.3. The predicted octanol–water partition coefficient (Wildman–Crippen LogP) is 6.03. The smallest absolute Gasteiger partial charge is 0.303 e. The summed E-state index contributed by atoms with van der Waals surface area (Å²) in [4.78, 5) is 26.0. The van der Waals surface area contributed by atoms with Crippen molar-refractivity contribution in [3.8, 4) is 22.6 Å². The Morgan fingerprint density at radius 3 is 2.27 bits per heavy atom. The van der Waals surface area contributed by atoms with E-state index in [9.17, 15) is 14.7 Å². The second kappa shape index (κ2) is 16.5. The van der Waals surface area contributed by atoms with Gasteiger partial charge in [0.1, 0.15) is 0 Å². The van der Waals surface area contributed by atoms with Gasteiger partial charge >= 0.3 is 5.97 Å². The lowest BCUT2D eigenvalue weighted by Crippen LogP contribution is -2.41. The Balaban J connectivity index is 1.16. The standard InChI is InChI=1S/C41H46N2O8/c1-26(49-27(2)45)40(46)42-22-29-6-5-7-33(18-29)30-12-14-32(15-13-30)41-50-36(21-37(51-41)31-10-8-28(25-44)9-11-31)24-43-17-16-34-19-38(47-3)39(48-4)20-35(34)23-43/h5-15,18-20,26,36-37,41,44H,16-17,21-25H2,1-4H3,(H,42,46)/t26-,36+,37-,41-/m0/s1. The van der Waals surface area contributed by atoms with Gasteiger partial charge in [-0.15, -0.1) is 0 Å². The van der Waals surface area contributed by atoms with Gasteiger partial charge in [0, 0.05) is 45.1 Å². The predicted molar refractivity (Wildman–Crippen MR) is 192 cm³/mol. The number of hydrogen-bond donors (Lipinski definition) is 2. The van der Waals surface area contributed by atoms with E-state index in [1.807, 2.05) is 60.7 Å². The van der Waals surface area contributed by atoms with Crippen LogP contribution in [0.2, 0.25) is 0 Å². The zero-order chi connectivity index (χ0) is 35.9. The molecule has 2 aliphatic heterocycles. The second-order valence-electron chi connectivity index (χ2n) is 13.1. The molecule has 1 amide bonds. The van der Waals surface area contributed by atoms with E-state index < -0.39 is 18.4 Å². The van der Waals surface area contributed by atoms with Gasteiger partial charge in [0.15, 0.2) is 23.9 Å². The molecule has 10 nitrogen and oxygen atoms in total. The molecule has 0 aromatic heterocycles. The molecule has 4 atom stereocenters. The highest BCUT2D eigenvalue weighted by Crippen LogP contribution is 2.40. The molecule has 2 heterocycles. The van der Waals surface area contributed by atoms with Gasteiger partial charge in [0.2, 0.25) is 0 Å². The summed E-state index contributed by atoms with van der Waals surface area (Å²) in [5.74, 6) is 0.649. The van der Waals surface area contributed by atoms with Crippen LogP contribution in [0.25, 0.3) is 11.1 Å². The molecule has 0 spiro atoms. The van der Waals surface area contributed by atoms with Gasteiger partial charge < -0.3 is 34.1 Å². The number of fused-ring (bicyclic) bond motifs is 1. The van der Waals surface area contributed by atoms with Crippen LogP contribution in [-0.2, 0) is 49.9 Å². The lowest BCUT2D eigenvalue weighted by atomic mass is 9.96. The molecule has 2 aliphatic rings. The summed E-state index contributed by atoms with van der Waals surface area (Å²) in [6, 6.07) is 28.3. The minimum absolute atomic E-state index is 0.00750. The maximum absolute atomic E-state index is 12.3. The summed E-state index contributed by atoms with van der Waals surface area (Å²) < 4.78 is 29.4. The summed E-state index contributed by atoms with van der Waals surface area (Å²) in [5.41, 5.74) is 8.29. The monoisotopic (exact) mass is 694 g/mol. The lowest BCUT2D eigenvalue weighted by molar-refractivity contribution is -0.253. The van der Waals surface area contributed by atoms with E-state index in [0.29, 0.717) is 13.0 Å². The molecule has 0 radical (unpaired) electrons. The molecule has 2 N–H and O–H groups in total. The van der Waals surface area contributed by atoms with Gasteiger partial charge in [-0.05, 0) is 70.5 Å². The number of nitrogens with one attached hydrogen (secondary N) is 1. The van der Waals surface area contributed by atoms with Crippen molar-refractivity contribution in [3.05, 3.63) is 118 Å². The van der Waals surface area contributed by atoms with Crippen molar-refractivity contribution in [2.75, 3.05) is 27.3 Å². The highest BCUT2D eigenvalue weighted by molar-refractivity contribution is 5.82. The quantitative estimate of drug-likeness (QED) is 0.172. The fourth-order valence-electron chi connectivity index (χ4n) is 6.75. The first-order chi connectivity index (χ1) is 24.7. The Morgan fingerprint density at radius 1 is 0.882 bits per heavy atom. The number of aliphatic hydroxyl groups excluding tert-OH is 1. The summed E-state index contributed by atoms with van der Waals surface area (Å²) in [6.45, 7) is 5.59. The van der Waals surface area contributed by atoms with Crippen LogP contribution in [0.3, 0.4) is 0 Å². The molecule has 10 heteroatoms. The van der Waals surface area contributed by atoms with Gasteiger partial charge in [0.25, 0.3) is 5.91 Å². The molecule has 268 valence electrons. The van der Waals surface area contributed by atoms with Gasteiger partial charge in [-0.3, -0.25) is 14.5 Å². The van der Waals surface area contributed by atoms with Gasteiger partial charge in [-0.1, -0.05) is 66.7 Å². The molecule has 6 rings (SSSR count). The van der Waals surface area contributed by atoms with Crippen LogP contribution >= 0.6 is 0 Å². The first-order valence-corrected chi connectivity index (χ1v) is 17.3. The first kappa shape index (κ1) is 36.1. The number of nitrogens with zero attached hydrogens (tertiary/aromatic N) is 1. The maximum Gasteiger partial charge on any atom is 0.303 e. The molecule has 0 saturated carbocycles. The Hall–Kier alpha value is -4.74. The molecule has 0 aliphatic carbocycles. The number of aliphatic hydroxyl groups is 1. The molecular formula is C41H46N2O8. The zero-order valence-corrected chi connectivity index (χ0v) is 29.6. The average molecular weight is 695 g/mol. The van der Waals surface area contributed by atoms with Crippen molar-refractivity contribution < 1.29 is 38.4 Å². The number of amides is 1.